The fourth-order valence-corrected chi connectivity index (χ4v) is 3.34. The van der Waals surface area contributed by atoms with Crippen LogP contribution in [0.2, 0.25) is 0 Å². The smallest absolute Gasteiger partial charge is 0.167 e. The quantitative estimate of drug-likeness (QED) is 0.780. The van der Waals surface area contributed by atoms with Crippen molar-refractivity contribution in [2.24, 2.45) is 0 Å². The topological polar surface area (TPSA) is 74.5 Å². The lowest BCUT2D eigenvalue weighted by atomic mass is 10.1. The van der Waals surface area contributed by atoms with Crippen LogP contribution in [0, 0.1) is 32.1 Å². The molecule has 0 unspecified atom stereocenters. The first kappa shape index (κ1) is 16.1. The zero-order chi connectivity index (χ0) is 17.1. The minimum atomic E-state index is 0.523. The summed E-state index contributed by atoms with van der Waals surface area (Å²) in [6, 6.07) is 12.3. The van der Waals surface area contributed by atoms with Gasteiger partial charge >= 0.3 is 0 Å². The fourth-order valence-electron chi connectivity index (χ4n) is 2.33. The highest BCUT2D eigenvalue weighted by Crippen LogP contribution is 2.28. The van der Waals surface area contributed by atoms with E-state index in [9.17, 15) is 5.26 Å². The highest BCUT2D eigenvalue weighted by Gasteiger charge is 2.13. The monoisotopic (exact) mass is 335 g/mol. The van der Waals surface area contributed by atoms with Crippen LogP contribution in [0.5, 0.6) is 0 Å². The van der Waals surface area contributed by atoms with Crippen molar-refractivity contribution in [2.75, 3.05) is 5.32 Å². The Balaban J connectivity index is 1.83. The molecule has 2 heterocycles. The Labute approximate surface area is 145 Å². The number of nitrogens with one attached hydrogen (secondary N) is 1. The van der Waals surface area contributed by atoms with Crippen molar-refractivity contribution < 1.29 is 0 Å². The molecule has 0 saturated heterocycles. The molecule has 0 aliphatic carbocycles. The van der Waals surface area contributed by atoms with Crippen LogP contribution in [0.25, 0.3) is 10.6 Å². The zero-order valence-corrected chi connectivity index (χ0v) is 14.6. The van der Waals surface area contributed by atoms with Crippen LogP contribution in [0.3, 0.4) is 0 Å². The molecule has 6 heteroatoms. The van der Waals surface area contributed by atoms with E-state index in [4.69, 9.17) is 0 Å². The Morgan fingerprint density at radius 1 is 1.08 bits per heavy atom. The van der Waals surface area contributed by atoms with Gasteiger partial charge in [0.25, 0.3) is 0 Å². The Hall–Kier alpha value is -2.78. The summed E-state index contributed by atoms with van der Waals surface area (Å²) in [7, 11) is 0. The van der Waals surface area contributed by atoms with E-state index in [2.05, 4.69) is 38.7 Å². The highest BCUT2D eigenvalue weighted by molar-refractivity contribution is 7.15. The van der Waals surface area contributed by atoms with E-state index in [1.165, 1.54) is 0 Å². The molecule has 1 N–H and O–H groups in total. The van der Waals surface area contributed by atoms with Crippen LogP contribution in [0.15, 0.2) is 30.3 Å². The number of aromatic nitrogens is 3. The molecule has 0 radical (unpaired) electrons. The van der Waals surface area contributed by atoms with Gasteiger partial charge in [0, 0.05) is 10.4 Å². The van der Waals surface area contributed by atoms with Gasteiger partial charge in [-0.3, -0.25) is 0 Å². The number of anilines is 1. The highest BCUT2D eigenvalue weighted by atomic mass is 32.1. The molecule has 24 heavy (non-hydrogen) atoms. The van der Waals surface area contributed by atoms with Crippen LogP contribution in [0.1, 0.15) is 27.4 Å². The van der Waals surface area contributed by atoms with Crippen molar-refractivity contribution >= 4 is 17.2 Å². The minimum Gasteiger partial charge on any atom is -0.363 e. The number of nitriles is 1. The van der Waals surface area contributed by atoms with E-state index in [1.54, 1.807) is 11.3 Å². The van der Waals surface area contributed by atoms with Gasteiger partial charge in [-0.15, -0.1) is 16.4 Å². The van der Waals surface area contributed by atoms with Crippen LogP contribution in [-0.4, -0.2) is 15.2 Å². The lowest BCUT2D eigenvalue weighted by Crippen LogP contribution is -2.07. The van der Waals surface area contributed by atoms with Gasteiger partial charge in [0.2, 0.25) is 0 Å². The predicted molar refractivity (Wildman–Crippen MR) is 95.8 cm³/mol. The van der Waals surface area contributed by atoms with Gasteiger partial charge in [-0.25, -0.2) is 4.98 Å². The van der Waals surface area contributed by atoms with Crippen molar-refractivity contribution in [3.8, 4) is 16.6 Å². The second-order valence-corrected chi connectivity index (χ2v) is 6.58. The van der Waals surface area contributed by atoms with Crippen molar-refractivity contribution in [1.82, 2.24) is 15.2 Å². The molecule has 0 spiro atoms. The SMILES string of the molecule is Cc1nc(-c2ccccc2)sc1CNc1nnc(C)c(C)c1C#N. The van der Waals surface area contributed by atoms with Gasteiger partial charge in [-0.05, 0) is 26.3 Å². The predicted octanol–water partition coefficient (Wildman–Crippen LogP) is 4.01. The molecule has 0 amide bonds. The maximum absolute atomic E-state index is 9.36. The number of hydrogen-bond donors (Lipinski definition) is 1. The number of benzene rings is 1. The van der Waals surface area contributed by atoms with E-state index in [1.807, 2.05) is 39.0 Å². The third kappa shape index (κ3) is 3.12. The van der Waals surface area contributed by atoms with Gasteiger partial charge < -0.3 is 5.32 Å². The normalized spacial score (nSPS) is 10.4. The first-order chi connectivity index (χ1) is 11.6. The number of hydrogen-bond acceptors (Lipinski definition) is 6. The largest absolute Gasteiger partial charge is 0.363 e. The standard InChI is InChI=1S/C18H17N5S/c1-11-12(2)22-23-17(15(11)9-19)20-10-16-13(3)21-18(24-16)14-7-5-4-6-8-14/h4-8H,10H2,1-3H3,(H,20,23). The summed E-state index contributed by atoms with van der Waals surface area (Å²) >= 11 is 1.65. The maximum Gasteiger partial charge on any atom is 0.167 e. The van der Waals surface area contributed by atoms with Crippen LogP contribution >= 0.6 is 11.3 Å². The van der Waals surface area contributed by atoms with E-state index >= 15 is 0 Å². The second-order valence-electron chi connectivity index (χ2n) is 5.49. The van der Waals surface area contributed by atoms with Gasteiger partial charge in [-0.1, -0.05) is 30.3 Å². The molecule has 1 aromatic carbocycles. The van der Waals surface area contributed by atoms with Crippen molar-refractivity contribution in [2.45, 2.75) is 27.3 Å². The fraction of sp³-hybridized carbons (Fsp3) is 0.222. The van der Waals surface area contributed by atoms with E-state index in [-0.39, 0.29) is 0 Å². The third-order valence-corrected chi connectivity index (χ3v) is 5.10. The molecular weight excluding hydrogens is 318 g/mol. The summed E-state index contributed by atoms with van der Waals surface area (Å²) in [5, 5.41) is 21.8. The lowest BCUT2D eigenvalue weighted by Gasteiger charge is -2.08. The summed E-state index contributed by atoms with van der Waals surface area (Å²) in [6.07, 6.45) is 0. The Bertz CT molecular complexity index is 909. The van der Waals surface area contributed by atoms with Gasteiger partial charge in [0.1, 0.15) is 16.6 Å². The van der Waals surface area contributed by atoms with Gasteiger partial charge in [-0.2, -0.15) is 10.4 Å². The summed E-state index contributed by atoms with van der Waals surface area (Å²) in [6.45, 7) is 6.31. The Morgan fingerprint density at radius 3 is 2.54 bits per heavy atom. The molecule has 0 bridgehead atoms. The van der Waals surface area contributed by atoms with Crippen molar-refractivity contribution in [3.05, 3.63) is 57.7 Å². The molecule has 0 fully saturated rings. The Morgan fingerprint density at radius 2 is 1.83 bits per heavy atom. The molecule has 0 saturated carbocycles. The average Bonchev–Trinajstić information content (AvgIpc) is 2.97. The lowest BCUT2D eigenvalue weighted by molar-refractivity contribution is 0.941. The van der Waals surface area contributed by atoms with Gasteiger partial charge in [0.15, 0.2) is 5.82 Å². The summed E-state index contributed by atoms with van der Waals surface area (Å²) < 4.78 is 0. The number of rotatable bonds is 4. The Kier molecular flexibility index (Phi) is 4.54. The zero-order valence-electron chi connectivity index (χ0n) is 13.8. The number of aryl methyl sites for hydroxylation is 2. The summed E-state index contributed by atoms with van der Waals surface area (Å²) in [4.78, 5) is 5.77. The van der Waals surface area contributed by atoms with Crippen LogP contribution < -0.4 is 5.32 Å². The van der Waals surface area contributed by atoms with Crippen molar-refractivity contribution in [1.29, 1.82) is 5.26 Å². The average molecular weight is 335 g/mol. The molecule has 0 atom stereocenters. The molecule has 0 aliphatic rings. The number of nitrogens with zero attached hydrogens (tertiary/aromatic N) is 4. The number of thiazole rings is 1. The van der Waals surface area contributed by atoms with Crippen LogP contribution in [0.4, 0.5) is 5.82 Å². The minimum absolute atomic E-state index is 0.523. The third-order valence-electron chi connectivity index (χ3n) is 3.90. The molecule has 2 aromatic heterocycles. The van der Waals surface area contributed by atoms with Gasteiger partial charge in [0.05, 0.1) is 17.9 Å². The van der Waals surface area contributed by atoms with Crippen molar-refractivity contribution in [3.63, 3.8) is 0 Å². The molecular formula is C18H17N5S. The molecule has 3 aromatic rings. The molecule has 120 valence electrons. The molecule has 0 aliphatic heterocycles. The summed E-state index contributed by atoms with van der Waals surface area (Å²) in [5.74, 6) is 0.523. The molecule has 3 rings (SSSR count). The first-order valence-electron chi connectivity index (χ1n) is 7.59. The van der Waals surface area contributed by atoms with E-state index in [0.29, 0.717) is 17.9 Å². The first-order valence-corrected chi connectivity index (χ1v) is 8.41. The second kappa shape index (κ2) is 6.77. The maximum atomic E-state index is 9.36. The summed E-state index contributed by atoms with van der Waals surface area (Å²) in [5.41, 5.74) is 4.29. The van der Waals surface area contributed by atoms with E-state index < -0.39 is 0 Å². The van der Waals surface area contributed by atoms with E-state index in [0.717, 1.165) is 32.4 Å². The van der Waals surface area contributed by atoms with Crippen LogP contribution in [-0.2, 0) is 6.54 Å². The molecule has 5 nitrogen and oxygen atoms in total.